The number of Topliss-reactive ketones (excluding diaryl/α,β-unsaturated/α-hetero) is 1. The zero-order valence-corrected chi connectivity index (χ0v) is 23.2. The van der Waals surface area contributed by atoms with Crippen LogP contribution in [0.25, 0.3) is 5.76 Å². The minimum atomic E-state index is -0.839. The number of carbonyl (C=O) groups excluding carboxylic acids is 2. The van der Waals surface area contributed by atoms with Gasteiger partial charge in [0.25, 0.3) is 11.7 Å². The van der Waals surface area contributed by atoms with Gasteiger partial charge in [-0.3, -0.25) is 14.5 Å². The molecule has 1 saturated heterocycles. The number of aryl methyl sites for hydroxylation is 2. The summed E-state index contributed by atoms with van der Waals surface area (Å²) in [7, 11) is 0. The quantitative estimate of drug-likeness (QED) is 0.196. The van der Waals surface area contributed by atoms with Crippen LogP contribution < -0.4 is 14.5 Å². The van der Waals surface area contributed by atoms with Crippen LogP contribution in [0.3, 0.4) is 0 Å². The first kappa shape index (κ1) is 27.3. The molecule has 0 spiro atoms. The normalized spacial score (nSPS) is 16.7. The minimum Gasteiger partial charge on any atom is -0.507 e. The third-order valence-corrected chi connectivity index (χ3v) is 7.23. The van der Waals surface area contributed by atoms with Gasteiger partial charge in [0.05, 0.1) is 23.2 Å². The Labute approximate surface area is 229 Å². The molecular weight excluding hydrogens is 500 g/mol. The summed E-state index contributed by atoms with van der Waals surface area (Å²) in [5, 5.41) is 11.8. The summed E-state index contributed by atoms with van der Waals surface area (Å²) >= 11 is 6.47. The van der Waals surface area contributed by atoms with Crippen molar-refractivity contribution in [2.24, 2.45) is 0 Å². The fourth-order valence-corrected chi connectivity index (χ4v) is 5.22. The topological polar surface area (TPSA) is 70.1 Å². The summed E-state index contributed by atoms with van der Waals surface area (Å²) in [6.07, 6.45) is 0. The zero-order valence-electron chi connectivity index (χ0n) is 22.4. The Balaban J connectivity index is 1.94. The molecule has 1 aliphatic rings. The van der Waals surface area contributed by atoms with Gasteiger partial charge in [-0.2, -0.15) is 0 Å². The number of rotatable bonds is 8. The number of hydrogen-bond acceptors (Lipinski definition) is 5. The molecular formula is C31H33ClN2O4. The number of hydrogen-bond donors (Lipinski definition) is 1. The first-order chi connectivity index (χ1) is 18.2. The molecule has 1 fully saturated rings. The Hall–Kier alpha value is -3.77. The molecule has 1 atom stereocenters. The van der Waals surface area contributed by atoms with E-state index in [0.29, 0.717) is 23.6 Å². The average molecular weight is 533 g/mol. The third kappa shape index (κ3) is 5.01. The van der Waals surface area contributed by atoms with Crippen molar-refractivity contribution in [3.63, 3.8) is 0 Å². The van der Waals surface area contributed by atoms with Crippen LogP contribution in [0, 0.1) is 13.8 Å². The molecule has 1 amide bonds. The molecule has 4 rings (SSSR count). The van der Waals surface area contributed by atoms with Crippen molar-refractivity contribution in [3.8, 4) is 5.75 Å². The van der Waals surface area contributed by atoms with Gasteiger partial charge < -0.3 is 14.7 Å². The monoisotopic (exact) mass is 532 g/mol. The van der Waals surface area contributed by atoms with E-state index in [2.05, 4.69) is 18.7 Å². The van der Waals surface area contributed by atoms with E-state index in [1.165, 1.54) is 4.90 Å². The lowest BCUT2D eigenvalue weighted by Crippen LogP contribution is -2.30. The maximum Gasteiger partial charge on any atom is 0.300 e. The van der Waals surface area contributed by atoms with E-state index >= 15 is 0 Å². The van der Waals surface area contributed by atoms with E-state index in [4.69, 9.17) is 16.3 Å². The molecule has 1 N–H and O–H groups in total. The molecule has 3 aromatic rings. The smallest absolute Gasteiger partial charge is 0.300 e. The van der Waals surface area contributed by atoms with Crippen molar-refractivity contribution < 1.29 is 19.4 Å². The fourth-order valence-electron chi connectivity index (χ4n) is 5.02. The van der Waals surface area contributed by atoms with E-state index in [-0.39, 0.29) is 21.9 Å². The lowest BCUT2D eigenvalue weighted by Gasteiger charge is -2.28. The van der Waals surface area contributed by atoms with Gasteiger partial charge in [-0.1, -0.05) is 41.4 Å². The molecule has 7 heteroatoms. The van der Waals surface area contributed by atoms with Gasteiger partial charge in [0.15, 0.2) is 0 Å². The second-order valence-electron chi connectivity index (χ2n) is 9.30. The first-order valence-corrected chi connectivity index (χ1v) is 13.2. The average Bonchev–Trinajstić information content (AvgIpc) is 3.16. The Kier molecular flexibility index (Phi) is 8.12. The summed E-state index contributed by atoms with van der Waals surface area (Å²) in [5.41, 5.74) is 4.48. The first-order valence-electron chi connectivity index (χ1n) is 12.9. The summed E-state index contributed by atoms with van der Waals surface area (Å²) in [5.74, 6) is -1.30. The lowest BCUT2D eigenvalue weighted by atomic mass is 9.94. The van der Waals surface area contributed by atoms with Crippen LogP contribution in [0.4, 0.5) is 11.4 Å². The number of ketones is 1. The van der Waals surface area contributed by atoms with Crippen molar-refractivity contribution in [1.29, 1.82) is 0 Å². The van der Waals surface area contributed by atoms with E-state index in [9.17, 15) is 14.7 Å². The van der Waals surface area contributed by atoms with Gasteiger partial charge in [0, 0.05) is 30.0 Å². The van der Waals surface area contributed by atoms with E-state index in [1.807, 2.05) is 63.2 Å². The number of halogens is 1. The molecule has 0 aliphatic carbocycles. The van der Waals surface area contributed by atoms with Crippen molar-refractivity contribution in [2.45, 2.75) is 40.7 Å². The van der Waals surface area contributed by atoms with Crippen LogP contribution in [-0.4, -0.2) is 36.5 Å². The second kappa shape index (κ2) is 11.3. The lowest BCUT2D eigenvalue weighted by molar-refractivity contribution is -0.132. The standard InChI is InChI=1S/C31H33ClN2O4/c1-6-33(7-2)22-12-10-21(11-13-22)28-27(29(35)24-18-23(38-8-3)14-15-25(24)32)30(36)31(37)34(28)26-16-9-19(4)17-20(26)5/h9-18,28,35H,6-8H2,1-5H3/b29-27+. The van der Waals surface area contributed by atoms with Crippen LogP contribution in [0.2, 0.25) is 5.02 Å². The molecule has 0 saturated carbocycles. The molecule has 0 bridgehead atoms. The number of aliphatic hydroxyl groups is 1. The summed E-state index contributed by atoms with van der Waals surface area (Å²) in [6, 6.07) is 17.5. The number of benzene rings is 3. The van der Waals surface area contributed by atoms with E-state index in [0.717, 1.165) is 29.9 Å². The molecule has 0 radical (unpaired) electrons. The molecule has 3 aromatic carbocycles. The van der Waals surface area contributed by atoms with E-state index in [1.54, 1.807) is 18.2 Å². The number of aliphatic hydroxyl groups excluding tert-OH is 1. The van der Waals surface area contributed by atoms with Crippen molar-refractivity contribution >= 4 is 40.4 Å². The summed E-state index contributed by atoms with van der Waals surface area (Å²) < 4.78 is 5.59. The molecule has 1 heterocycles. The van der Waals surface area contributed by atoms with Crippen LogP contribution >= 0.6 is 11.6 Å². The van der Waals surface area contributed by atoms with Gasteiger partial charge in [-0.05, 0) is 82.1 Å². The summed E-state index contributed by atoms with van der Waals surface area (Å²) in [6.45, 7) is 12.0. The van der Waals surface area contributed by atoms with Crippen LogP contribution in [0.5, 0.6) is 5.75 Å². The second-order valence-corrected chi connectivity index (χ2v) is 9.70. The molecule has 1 aliphatic heterocycles. The van der Waals surface area contributed by atoms with Crippen LogP contribution in [0.15, 0.2) is 66.2 Å². The molecule has 38 heavy (non-hydrogen) atoms. The van der Waals surface area contributed by atoms with Gasteiger partial charge in [-0.25, -0.2) is 0 Å². The number of carbonyl (C=O) groups is 2. The third-order valence-electron chi connectivity index (χ3n) is 6.90. The Morgan fingerprint density at radius 2 is 1.66 bits per heavy atom. The minimum absolute atomic E-state index is 0.0129. The number of nitrogens with zero attached hydrogens (tertiary/aromatic N) is 2. The highest BCUT2D eigenvalue weighted by molar-refractivity contribution is 6.52. The number of ether oxygens (including phenoxy) is 1. The Morgan fingerprint density at radius 3 is 2.26 bits per heavy atom. The van der Waals surface area contributed by atoms with Crippen molar-refractivity contribution in [2.75, 3.05) is 29.5 Å². The van der Waals surface area contributed by atoms with Crippen LogP contribution in [0.1, 0.15) is 49.1 Å². The van der Waals surface area contributed by atoms with Gasteiger partial charge in [-0.15, -0.1) is 0 Å². The van der Waals surface area contributed by atoms with Gasteiger partial charge >= 0.3 is 0 Å². The van der Waals surface area contributed by atoms with Crippen LogP contribution in [-0.2, 0) is 9.59 Å². The SMILES string of the molecule is CCOc1ccc(Cl)c(/C(O)=C2\C(=O)C(=O)N(c3ccc(C)cc3C)C2c2ccc(N(CC)CC)cc2)c1. The van der Waals surface area contributed by atoms with Gasteiger partial charge in [0.1, 0.15) is 11.5 Å². The predicted octanol–water partition coefficient (Wildman–Crippen LogP) is 6.83. The summed E-state index contributed by atoms with van der Waals surface area (Å²) in [4.78, 5) is 30.8. The van der Waals surface area contributed by atoms with Gasteiger partial charge in [0.2, 0.25) is 0 Å². The Morgan fingerprint density at radius 1 is 0.974 bits per heavy atom. The predicted molar refractivity (Wildman–Crippen MR) is 153 cm³/mol. The van der Waals surface area contributed by atoms with Crippen molar-refractivity contribution in [1.82, 2.24) is 0 Å². The molecule has 1 unspecified atom stereocenters. The molecule has 6 nitrogen and oxygen atoms in total. The maximum atomic E-state index is 13.6. The highest BCUT2D eigenvalue weighted by Crippen LogP contribution is 2.44. The largest absolute Gasteiger partial charge is 0.507 e. The Bertz CT molecular complexity index is 1390. The number of anilines is 2. The molecule has 0 aromatic heterocycles. The number of amides is 1. The zero-order chi connectivity index (χ0) is 27.6. The fraction of sp³-hybridized carbons (Fsp3) is 0.290. The maximum absolute atomic E-state index is 13.6. The highest BCUT2D eigenvalue weighted by atomic mass is 35.5. The highest BCUT2D eigenvalue weighted by Gasteiger charge is 2.47. The van der Waals surface area contributed by atoms with Crippen molar-refractivity contribution in [3.05, 3.63) is 93.5 Å². The molecule has 198 valence electrons. The van der Waals surface area contributed by atoms with E-state index < -0.39 is 17.7 Å².